The van der Waals surface area contributed by atoms with E-state index in [4.69, 9.17) is 0 Å². The summed E-state index contributed by atoms with van der Waals surface area (Å²) in [5.74, 6) is 2.96. The van der Waals surface area contributed by atoms with E-state index >= 15 is 0 Å². The molecule has 0 aliphatic heterocycles. The van der Waals surface area contributed by atoms with Gasteiger partial charge in [0, 0.05) is 0 Å². The van der Waals surface area contributed by atoms with Crippen LogP contribution >= 0.6 is 0 Å². The molecule has 2 saturated carbocycles. The highest BCUT2D eigenvalue weighted by molar-refractivity contribution is 4.73. The lowest BCUT2D eigenvalue weighted by atomic mass is 9.83. The standard InChI is InChI=1S/C16H31N/c1-14-8-10-16(11-9-14)13-17-12-15-6-4-2-3-5-7-15/h14-17H,2-13H2,1H3. The van der Waals surface area contributed by atoms with Gasteiger partial charge in [0.05, 0.1) is 0 Å². The smallest absolute Gasteiger partial charge is 0.00204 e. The number of rotatable bonds is 4. The lowest BCUT2D eigenvalue weighted by Gasteiger charge is -2.27. The molecule has 0 amide bonds. The molecule has 17 heavy (non-hydrogen) atoms. The maximum Gasteiger partial charge on any atom is -0.00204 e. The Kier molecular flexibility index (Phi) is 5.84. The number of nitrogens with one attached hydrogen (secondary N) is 1. The molecule has 0 aromatic rings. The van der Waals surface area contributed by atoms with Gasteiger partial charge < -0.3 is 5.32 Å². The van der Waals surface area contributed by atoms with Crippen molar-refractivity contribution in [3.63, 3.8) is 0 Å². The van der Waals surface area contributed by atoms with E-state index in [2.05, 4.69) is 12.2 Å². The SMILES string of the molecule is CC1CCC(CNCC2CCCCCC2)CC1. The molecule has 0 heterocycles. The third-order valence-electron chi connectivity index (χ3n) is 4.98. The predicted molar refractivity (Wildman–Crippen MR) is 75.2 cm³/mol. The summed E-state index contributed by atoms with van der Waals surface area (Å²) < 4.78 is 0. The molecule has 0 bridgehead atoms. The first-order valence-corrected chi connectivity index (χ1v) is 8.05. The van der Waals surface area contributed by atoms with E-state index < -0.39 is 0 Å². The van der Waals surface area contributed by atoms with Crippen LogP contribution in [0.3, 0.4) is 0 Å². The molecular formula is C16H31N. The lowest BCUT2D eigenvalue weighted by molar-refractivity contribution is 0.275. The average molecular weight is 237 g/mol. The van der Waals surface area contributed by atoms with Gasteiger partial charge in [-0.2, -0.15) is 0 Å². The summed E-state index contributed by atoms with van der Waals surface area (Å²) in [6.45, 7) is 5.00. The highest BCUT2D eigenvalue weighted by Gasteiger charge is 2.18. The highest BCUT2D eigenvalue weighted by atomic mass is 14.9. The maximum absolute atomic E-state index is 3.77. The summed E-state index contributed by atoms with van der Waals surface area (Å²) in [6.07, 6.45) is 14.8. The van der Waals surface area contributed by atoms with Gasteiger partial charge in [0.25, 0.3) is 0 Å². The van der Waals surface area contributed by atoms with E-state index in [0.717, 1.165) is 17.8 Å². The Bertz CT molecular complexity index is 186. The Morgan fingerprint density at radius 2 is 1.24 bits per heavy atom. The highest BCUT2D eigenvalue weighted by Crippen LogP contribution is 2.28. The van der Waals surface area contributed by atoms with Crippen LogP contribution in [0.15, 0.2) is 0 Å². The molecule has 2 aliphatic rings. The quantitative estimate of drug-likeness (QED) is 0.716. The molecule has 2 aliphatic carbocycles. The van der Waals surface area contributed by atoms with Crippen molar-refractivity contribution in [1.29, 1.82) is 0 Å². The van der Waals surface area contributed by atoms with Gasteiger partial charge in [0.1, 0.15) is 0 Å². The summed E-state index contributed by atoms with van der Waals surface area (Å²) in [7, 11) is 0. The van der Waals surface area contributed by atoms with Gasteiger partial charge in [-0.15, -0.1) is 0 Å². The Labute approximate surface area is 108 Å². The minimum Gasteiger partial charge on any atom is -0.316 e. The van der Waals surface area contributed by atoms with Crippen molar-refractivity contribution in [2.75, 3.05) is 13.1 Å². The molecule has 0 saturated heterocycles. The van der Waals surface area contributed by atoms with E-state index in [1.54, 1.807) is 0 Å². The second-order valence-corrected chi connectivity index (χ2v) is 6.64. The molecule has 1 heteroatoms. The van der Waals surface area contributed by atoms with Crippen molar-refractivity contribution < 1.29 is 0 Å². The Morgan fingerprint density at radius 3 is 1.82 bits per heavy atom. The third-order valence-corrected chi connectivity index (χ3v) is 4.98. The van der Waals surface area contributed by atoms with E-state index in [1.807, 2.05) is 0 Å². The second kappa shape index (κ2) is 7.41. The monoisotopic (exact) mass is 237 g/mol. The van der Waals surface area contributed by atoms with Crippen molar-refractivity contribution in [3.8, 4) is 0 Å². The van der Waals surface area contributed by atoms with Crippen LogP contribution in [-0.2, 0) is 0 Å². The molecule has 0 unspecified atom stereocenters. The van der Waals surface area contributed by atoms with E-state index in [-0.39, 0.29) is 0 Å². The molecule has 0 radical (unpaired) electrons. The second-order valence-electron chi connectivity index (χ2n) is 6.64. The lowest BCUT2D eigenvalue weighted by Crippen LogP contribution is -2.30. The van der Waals surface area contributed by atoms with Crippen molar-refractivity contribution in [2.45, 2.75) is 71.1 Å². The van der Waals surface area contributed by atoms with E-state index in [0.29, 0.717) is 0 Å². The van der Waals surface area contributed by atoms with Crippen LogP contribution in [0.25, 0.3) is 0 Å². The minimum absolute atomic E-state index is 0.983. The van der Waals surface area contributed by atoms with Crippen molar-refractivity contribution in [2.24, 2.45) is 17.8 Å². The molecule has 2 rings (SSSR count). The van der Waals surface area contributed by atoms with Gasteiger partial charge in [0.15, 0.2) is 0 Å². The molecular weight excluding hydrogens is 206 g/mol. The summed E-state index contributed by atoms with van der Waals surface area (Å²) in [5, 5.41) is 3.77. The zero-order chi connectivity index (χ0) is 11.9. The fraction of sp³-hybridized carbons (Fsp3) is 1.00. The van der Waals surface area contributed by atoms with Crippen LogP contribution in [0.2, 0.25) is 0 Å². The van der Waals surface area contributed by atoms with Crippen LogP contribution in [0, 0.1) is 17.8 Å². The van der Waals surface area contributed by atoms with Crippen molar-refractivity contribution in [1.82, 2.24) is 5.32 Å². The van der Waals surface area contributed by atoms with Crippen LogP contribution in [0.4, 0.5) is 0 Å². The van der Waals surface area contributed by atoms with E-state index in [1.165, 1.54) is 77.3 Å². The van der Waals surface area contributed by atoms with Gasteiger partial charge in [-0.3, -0.25) is 0 Å². The largest absolute Gasteiger partial charge is 0.316 e. The van der Waals surface area contributed by atoms with Crippen molar-refractivity contribution in [3.05, 3.63) is 0 Å². The Morgan fingerprint density at radius 1 is 0.706 bits per heavy atom. The van der Waals surface area contributed by atoms with Gasteiger partial charge in [-0.05, 0) is 56.5 Å². The number of hydrogen-bond donors (Lipinski definition) is 1. The molecule has 0 aromatic carbocycles. The zero-order valence-electron chi connectivity index (χ0n) is 11.7. The number of hydrogen-bond acceptors (Lipinski definition) is 1. The third kappa shape index (κ3) is 4.99. The summed E-state index contributed by atoms with van der Waals surface area (Å²) in [4.78, 5) is 0. The van der Waals surface area contributed by atoms with Crippen molar-refractivity contribution >= 4 is 0 Å². The van der Waals surface area contributed by atoms with Gasteiger partial charge >= 0.3 is 0 Å². The topological polar surface area (TPSA) is 12.0 Å². The fourth-order valence-corrected chi connectivity index (χ4v) is 3.59. The first-order valence-electron chi connectivity index (χ1n) is 8.05. The van der Waals surface area contributed by atoms with Crippen LogP contribution in [0.1, 0.15) is 71.1 Å². The van der Waals surface area contributed by atoms with Gasteiger partial charge in [-0.25, -0.2) is 0 Å². The Hall–Kier alpha value is -0.0400. The molecule has 100 valence electrons. The molecule has 1 nitrogen and oxygen atoms in total. The first kappa shape index (κ1) is 13.4. The fourth-order valence-electron chi connectivity index (χ4n) is 3.59. The minimum atomic E-state index is 0.983. The summed E-state index contributed by atoms with van der Waals surface area (Å²) >= 11 is 0. The molecule has 0 aromatic heterocycles. The zero-order valence-corrected chi connectivity index (χ0v) is 11.7. The average Bonchev–Trinajstić information content (AvgIpc) is 2.60. The van der Waals surface area contributed by atoms with Gasteiger partial charge in [0.2, 0.25) is 0 Å². The van der Waals surface area contributed by atoms with Crippen LogP contribution in [-0.4, -0.2) is 13.1 Å². The molecule has 1 N–H and O–H groups in total. The van der Waals surface area contributed by atoms with E-state index in [9.17, 15) is 0 Å². The molecule has 0 spiro atoms. The normalized spacial score (nSPS) is 32.3. The van der Waals surface area contributed by atoms with Gasteiger partial charge in [-0.1, -0.05) is 45.4 Å². The Balaban J connectivity index is 1.55. The predicted octanol–water partition coefficient (Wildman–Crippen LogP) is 4.37. The van der Waals surface area contributed by atoms with Crippen LogP contribution < -0.4 is 5.32 Å². The summed E-state index contributed by atoms with van der Waals surface area (Å²) in [5.41, 5.74) is 0. The molecule has 2 fully saturated rings. The molecule has 0 atom stereocenters. The van der Waals surface area contributed by atoms with Crippen LogP contribution in [0.5, 0.6) is 0 Å². The first-order chi connectivity index (χ1) is 8.34. The maximum atomic E-state index is 3.77. The summed E-state index contributed by atoms with van der Waals surface area (Å²) in [6, 6.07) is 0.